The van der Waals surface area contributed by atoms with Crippen molar-refractivity contribution in [3.05, 3.63) is 36.8 Å². The van der Waals surface area contributed by atoms with E-state index in [1.165, 1.54) is 32.4 Å². The van der Waals surface area contributed by atoms with E-state index in [0.29, 0.717) is 6.61 Å². The molecule has 3 heterocycles. The zero-order valence-corrected chi connectivity index (χ0v) is 16.5. The van der Waals surface area contributed by atoms with Crippen LogP contribution in [0.4, 0.5) is 0 Å². The number of hydrogen-bond donors (Lipinski definition) is 0. The molecule has 2 aromatic heterocycles. The summed E-state index contributed by atoms with van der Waals surface area (Å²) in [5.74, 6) is 0.844. The summed E-state index contributed by atoms with van der Waals surface area (Å²) in [5.41, 5.74) is 2.75. The van der Waals surface area contributed by atoms with Crippen LogP contribution in [0.5, 0.6) is 5.75 Å². The van der Waals surface area contributed by atoms with Gasteiger partial charge in [0, 0.05) is 12.1 Å². The Kier molecular flexibility index (Phi) is 6.63. The lowest BCUT2D eigenvalue weighted by Crippen LogP contribution is -2.32. The van der Waals surface area contributed by atoms with E-state index < -0.39 is 0 Å². The predicted molar refractivity (Wildman–Crippen MR) is 109 cm³/mol. The average Bonchev–Trinajstić information content (AvgIpc) is 3.11. The van der Waals surface area contributed by atoms with Crippen LogP contribution in [0.15, 0.2) is 36.8 Å². The first-order valence-corrected chi connectivity index (χ1v) is 9.48. The van der Waals surface area contributed by atoms with Gasteiger partial charge in [-0.1, -0.05) is 18.6 Å². The molecule has 0 N–H and O–H groups in total. The van der Waals surface area contributed by atoms with Gasteiger partial charge >= 0.3 is 0 Å². The van der Waals surface area contributed by atoms with E-state index in [4.69, 9.17) is 4.74 Å². The van der Waals surface area contributed by atoms with Crippen LogP contribution in [-0.2, 0) is 6.54 Å². The summed E-state index contributed by atoms with van der Waals surface area (Å²) in [6.45, 7) is 6.88. The van der Waals surface area contributed by atoms with Gasteiger partial charge in [-0.2, -0.15) is 5.10 Å². The maximum atomic E-state index is 5.78. The molecule has 0 unspecified atom stereocenters. The first-order valence-electron chi connectivity index (χ1n) is 9.48. The molecule has 1 aliphatic heterocycles. The molecule has 0 spiro atoms. The second kappa shape index (κ2) is 9.15. The van der Waals surface area contributed by atoms with E-state index in [1.54, 1.807) is 6.33 Å². The second-order valence-electron chi connectivity index (χ2n) is 6.66. The SMILES string of the molecule is CCOc1ccccc1-c1ncnc2c1cnn2CCN1CCCCC1.Cl. The molecule has 0 amide bonds. The number of fused-ring (bicyclic) bond motifs is 1. The number of nitrogens with zero attached hydrogens (tertiary/aromatic N) is 5. The fourth-order valence-corrected chi connectivity index (χ4v) is 3.63. The first kappa shape index (κ1) is 19.6. The summed E-state index contributed by atoms with van der Waals surface area (Å²) in [6, 6.07) is 8.01. The first-order chi connectivity index (χ1) is 12.9. The third-order valence-corrected chi connectivity index (χ3v) is 4.95. The number of halogens is 1. The van der Waals surface area contributed by atoms with Gasteiger partial charge in [0.1, 0.15) is 12.1 Å². The molecule has 1 saturated heterocycles. The van der Waals surface area contributed by atoms with Gasteiger partial charge in [-0.3, -0.25) is 0 Å². The molecule has 1 aromatic carbocycles. The molecule has 0 bridgehead atoms. The summed E-state index contributed by atoms with van der Waals surface area (Å²) >= 11 is 0. The quantitative estimate of drug-likeness (QED) is 0.643. The molecule has 144 valence electrons. The van der Waals surface area contributed by atoms with E-state index in [0.717, 1.165) is 41.1 Å². The zero-order chi connectivity index (χ0) is 17.8. The second-order valence-corrected chi connectivity index (χ2v) is 6.66. The minimum atomic E-state index is 0. The van der Waals surface area contributed by atoms with Crippen LogP contribution in [0.2, 0.25) is 0 Å². The summed E-state index contributed by atoms with van der Waals surface area (Å²) in [7, 11) is 0. The van der Waals surface area contributed by atoms with Gasteiger partial charge < -0.3 is 9.64 Å². The highest BCUT2D eigenvalue weighted by atomic mass is 35.5. The van der Waals surface area contributed by atoms with Crippen LogP contribution >= 0.6 is 12.4 Å². The Bertz CT molecular complexity index is 876. The highest BCUT2D eigenvalue weighted by Crippen LogP contribution is 2.32. The van der Waals surface area contributed by atoms with Crippen LogP contribution in [0, 0.1) is 0 Å². The lowest BCUT2D eigenvalue weighted by Gasteiger charge is -2.26. The minimum Gasteiger partial charge on any atom is -0.493 e. The van der Waals surface area contributed by atoms with Gasteiger partial charge in [-0.25, -0.2) is 14.6 Å². The molecule has 0 atom stereocenters. The Hall–Kier alpha value is -2.18. The number of rotatable bonds is 6. The average molecular weight is 388 g/mol. The van der Waals surface area contributed by atoms with Crippen molar-refractivity contribution in [2.24, 2.45) is 0 Å². The van der Waals surface area contributed by atoms with Gasteiger partial charge in [-0.15, -0.1) is 12.4 Å². The predicted octanol–water partition coefficient (Wildman–Crippen LogP) is 3.80. The van der Waals surface area contributed by atoms with Crippen molar-refractivity contribution in [3.63, 3.8) is 0 Å². The van der Waals surface area contributed by atoms with Crippen molar-refractivity contribution in [3.8, 4) is 17.0 Å². The van der Waals surface area contributed by atoms with E-state index >= 15 is 0 Å². The van der Waals surface area contributed by atoms with Crippen molar-refractivity contribution >= 4 is 23.4 Å². The summed E-state index contributed by atoms with van der Waals surface area (Å²) in [6.07, 6.45) is 7.47. The highest BCUT2D eigenvalue weighted by Gasteiger charge is 2.16. The van der Waals surface area contributed by atoms with Crippen LogP contribution in [0.3, 0.4) is 0 Å². The third-order valence-electron chi connectivity index (χ3n) is 4.95. The molecule has 27 heavy (non-hydrogen) atoms. The van der Waals surface area contributed by atoms with E-state index in [-0.39, 0.29) is 12.4 Å². The Labute approximate surface area is 166 Å². The van der Waals surface area contributed by atoms with E-state index in [1.807, 2.05) is 42.1 Å². The summed E-state index contributed by atoms with van der Waals surface area (Å²) < 4.78 is 7.78. The zero-order valence-electron chi connectivity index (χ0n) is 15.7. The monoisotopic (exact) mass is 387 g/mol. The maximum absolute atomic E-state index is 5.78. The number of benzene rings is 1. The molecule has 6 nitrogen and oxygen atoms in total. The van der Waals surface area contributed by atoms with Crippen LogP contribution in [0.1, 0.15) is 26.2 Å². The number of piperidine rings is 1. The maximum Gasteiger partial charge on any atom is 0.161 e. The number of para-hydroxylation sites is 1. The molecule has 4 rings (SSSR count). The number of aromatic nitrogens is 4. The Morgan fingerprint density at radius 1 is 1.04 bits per heavy atom. The molecule has 0 radical (unpaired) electrons. The number of likely N-dealkylation sites (tertiary alicyclic amines) is 1. The number of ether oxygens (including phenoxy) is 1. The van der Waals surface area contributed by atoms with E-state index in [2.05, 4.69) is 20.0 Å². The molecule has 3 aromatic rings. The van der Waals surface area contributed by atoms with Crippen molar-refractivity contribution < 1.29 is 4.74 Å². The molecule has 0 saturated carbocycles. The standard InChI is InChI=1S/C20H25N5O.ClH/c1-2-26-18-9-5-4-8-16(18)19-17-14-23-25(20(17)22-15-21-19)13-12-24-10-6-3-7-11-24;/h4-5,8-9,14-15H,2-3,6-7,10-13H2,1H3;1H. The fourth-order valence-electron chi connectivity index (χ4n) is 3.63. The van der Waals surface area contributed by atoms with Gasteiger partial charge in [0.05, 0.1) is 30.4 Å². The van der Waals surface area contributed by atoms with Crippen molar-refractivity contribution in [2.75, 3.05) is 26.2 Å². The molecule has 0 aliphatic carbocycles. The van der Waals surface area contributed by atoms with Crippen LogP contribution in [0.25, 0.3) is 22.3 Å². The molecular weight excluding hydrogens is 362 g/mol. The van der Waals surface area contributed by atoms with Gasteiger partial charge in [0.15, 0.2) is 5.65 Å². The molecule has 1 fully saturated rings. The lowest BCUT2D eigenvalue weighted by atomic mass is 10.1. The molecule has 7 heteroatoms. The topological polar surface area (TPSA) is 56.1 Å². The summed E-state index contributed by atoms with van der Waals surface area (Å²) in [4.78, 5) is 11.5. The van der Waals surface area contributed by atoms with Gasteiger partial charge in [0.2, 0.25) is 0 Å². The highest BCUT2D eigenvalue weighted by molar-refractivity contribution is 5.91. The summed E-state index contributed by atoms with van der Waals surface area (Å²) in [5, 5.41) is 5.56. The normalized spacial score (nSPS) is 14.9. The fraction of sp³-hybridized carbons (Fsp3) is 0.450. The largest absolute Gasteiger partial charge is 0.493 e. The minimum absolute atomic E-state index is 0. The molecule has 1 aliphatic rings. The van der Waals surface area contributed by atoms with Crippen LogP contribution in [-0.4, -0.2) is 50.9 Å². The van der Waals surface area contributed by atoms with Gasteiger partial charge in [0.25, 0.3) is 0 Å². The molecular formula is C20H26ClN5O. The van der Waals surface area contributed by atoms with Crippen molar-refractivity contribution in [1.29, 1.82) is 0 Å². The smallest absolute Gasteiger partial charge is 0.161 e. The number of hydrogen-bond acceptors (Lipinski definition) is 5. The van der Waals surface area contributed by atoms with Crippen molar-refractivity contribution in [1.82, 2.24) is 24.6 Å². The Morgan fingerprint density at radius 2 is 1.85 bits per heavy atom. The van der Waals surface area contributed by atoms with E-state index in [9.17, 15) is 0 Å². The van der Waals surface area contributed by atoms with Crippen LogP contribution < -0.4 is 4.74 Å². The Balaban J connectivity index is 0.00000210. The Morgan fingerprint density at radius 3 is 2.67 bits per heavy atom. The third kappa shape index (κ3) is 4.22. The van der Waals surface area contributed by atoms with Gasteiger partial charge in [-0.05, 0) is 45.0 Å². The van der Waals surface area contributed by atoms with Crippen molar-refractivity contribution in [2.45, 2.75) is 32.7 Å². The lowest BCUT2D eigenvalue weighted by molar-refractivity contribution is 0.219.